The maximum atomic E-state index is 13.9. The van der Waals surface area contributed by atoms with Gasteiger partial charge in [0.2, 0.25) is 0 Å². The first kappa shape index (κ1) is 11.9. The Morgan fingerprint density at radius 1 is 1.28 bits per heavy atom. The van der Waals surface area contributed by atoms with Gasteiger partial charge < -0.3 is 0 Å². The van der Waals surface area contributed by atoms with Gasteiger partial charge in [0.15, 0.2) is 5.78 Å². The lowest BCUT2D eigenvalue weighted by Crippen LogP contribution is -1.96. The van der Waals surface area contributed by atoms with Gasteiger partial charge in [-0.1, -0.05) is 23.7 Å². The van der Waals surface area contributed by atoms with Crippen LogP contribution in [0.2, 0.25) is 5.02 Å². The largest absolute Gasteiger partial charge is 0.293 e. The van der Waals surface area contributed by atoms with E-state index in [9.17, 15) is 9.18 Å². The van der Waals surface area contributed by atoms with E-state index < -0.39 is 5.82 Å². The fourth-order valence-electron chi connectivity index (χ4n) is 1.86. The van der Waals surface area contributed by atoms with Gasteiger partial charge in [0, 0.05) is 16.4 Å². The number of carbonyl (C=O) groups is 1. The second-order valence-corrected chi connectivity index (χ2v) is 5.89. The number of carbonyl (C=O) groups excluding carboxylic acids is 1. The van der Waals surface area contributed by atoms with Crippen molar-refractivity contribution < 1.29 is 9.18 Å². The summed E-state index contributed by atoms with van der Waals surface area (Å²) in [4.78, 5) is 13.4. The zero-order valence-electron chi connectivity index (χ0n) is 9.45. The quantitative estimate of drug-likeness (QED) is 0.738. The molecule has 0 amide bonds. The van der Waals surface area contributed by atoms with Gasteiger partial charge in [-0.05, 0) is 31.0 Å². The molecule has 1 aromatic heterocycles. The maximum Gasteiger partial charge on any atom is 0.175 e. The van der Waals surface area contributed by atoms with E-state index in [1.165, 1.54) is 17.4 Å². The molecule has 0 atom stereocenters. The fraction of sp³-hybridized carbons (Fsp3) is 0.214. The Kier molecular flexibility index (Phi) is 2.96. The lowest BCUT2D eigenvalue weighted by Gasteiger charge is -2.01. The third kappa shape index (κ3) is 2.08. The smallest absolute Gasteiger partial charge is 0.175 e. The Bertz CT molecular complexity index is 616. The molecule has 3 rings (SSSR count). The molecule has 4 heteroatoms. The summed E-state index contributed by atoms with van der Waals surface area (Å²) in [6.07, 6.45) is 1.97. The molecule has 92 valence electrons. The van der Waals surface area contributed by atoms with Crippen molar-refractivity contribution in [2.75, 3.05) is 0 Å². The summed E-state index contributed by atoms with van der Waals surface area (Å²) in [5.41, 5.74) is 0.461. The minimum absolute atomic E-state index is 0.107. The summed E-state index contributed by atoms with van der Waals surface area (Å²) in [5.74, 6) is -0.0409. The lowest BCUT2D eigenvalue weighted by molar-refractivity contribution is 0.0971. The summed E-state index contributed by atoms with van der Waals surface area (Å²) in [6, 6.07) is 8.47. The molecule has 1 fully saturated rings. The molecule has 0 N–H and O–H groups in total. The summed E-state index contributed by atoms with van der Waals surface area (Å²) in [7, 11) is 0. The summed E-state index contributed by atoms with van der Waals surface area (Å²) < 4.78 is 13.9. The van der Waals surface area contributed by atoms with E-state index in [4.69, 9.17) is 11.6 Å². The highest BCUT2D eigenvalue weighted by Gasteiger charge is 2.31. The highest BCUT2D eigenvalue weighted by Crippen LogP contribution is 2.38. The minimum Gasteiger partial charge on any atom is -0.293 e. The fourth-order valence-corrected chi connectivity index (χ4v) is 3.07. The van der Waals surface area contributed by atoms with Crippen LogP contribution >= 0.6 is 22.9 Å². The molecule has 2 aromatic rings. The zero-order valence-corrected chi connectivity index (χ0v) is 11.0. The number of Topliss-reactive ketones (excluding diaryl/α,β-unsaturated/α-hetero) is 1. The molecule has 1 heterocycles. The Morgan fingerprint density at radius 2 is 2.06 bits per heavy atom. The number of benzene rings is 1. The number of thiophene rings is 1. The first-order chi connectivity index (χ1) is 8.66. The molecule has 0 spiro atoms. The van der Waals surface area contributed by atoms with Crippen LogP contribution in [0.3, 0.4) is 0 Å². The highest BCUT2D eigenvalue weighted by molar-refractivity contribution is 7.17. The number of ketones is 1. The second kappa shape index (κ2) is 4.48. The lowest BCUT2D eigenvalue weighted by atomic mass is 10.1. The summed E-state index contributed by atoms with van der Waals surface area (Å²) >= 11 is 7.09. The van der Waals surface area contributed by atoms with Gasteiger partial charge in [-0.3, -0.25) is 4.79 Å². The van der Waals surface area contributed by atoms with Gasteiger partial charge in [-0.25, -0.2) is 4.39 Å². The van der Waals surface area contributed by atoms with Crippen molar-refractivity contribution in [3.05, 3.63) is 46.0 Å². The number of hydrogen-bond donors (Lipinski definition) is 0. The van der Waals surface area contributed by atoms with Crippen molar-refractivity contribution in [1.82, 2.24) is 0 Å². The van der Waals surface area contributed by atoms with Gasteiger partial charge in [0.1, 0.15) is 5.82 Å². The molecular weight excluding hydrogens is 271 g/mol. The van der Waals surface area contributed by atoms with E-state index >= 15 is 0 Å². The maximum absolute atomic E-state index is 13.9. The molecule has 1 aliphatic carbocycles. The van der Waals surface area contributed by atoms with E-state index in [-0.39, 0.29) is 16.7 Å². The van der Waals surface area contributed by atoms with Crippen LogP contribution in [-0.4, -0.2) is 5.78 Å². The van der Waals surface area contributed by atoms with E-state index in [1.54, 1.807) is 24.3 Å². The van der Waals surface area contributed by atoms with Crippen LogP contribution in [0.15, 0.2) is 30.3 Å². The van der Waals surface area contributed by atoms with Crippen LogP contribution in [0.5, 0.6) is 0 Å². The third-order valence-corrected chi connectivity index (χ3v) is 4.44. The van der Waals surface area contributed by atoms with E-state index in [2.05, 4.69) is 0 Å². The van der Waals surface area contributed by atoms with Gasteiger partial charge in [-0.2, -0.15) is 0 Å². The Balaban J connectivity index is 1.97. The van der Waals surface area contributed by atoms with Gasteiger partial charge in [-0.15, -0.1) is 11.3 Å². The molecule has 1 aromatic carbocycles. The number of rotatable bonds is 3. The average molecular weight is 281 g/mol. The normalized spacial score (nSPS) is 14.8. The van der Waals surface area contributed by atoms with Crippen molar-refractivity contribution in [2.45, 2.75) is 12.8 Å². The molecule has 0 aliphatic heterocycles. The van der Waals surface area contributed by atoms with E-state index in [0.29, 0.717) is 10.4 Å². The summed E-state index contributed by atoms with van der Waals surface area (Å²) in [6.45, 7) is 0. The first-order valence-corrected chi connectivity index (χ1v) is 6.94. The number of hydrogen-bond acceptors (Lipinski definition) is 2. The molecule has 0 radical (unpaired) electrons. The van der Waals surface area contributed by atoms with Gasteiger partial charge in [0.25, 0.3) is 0 Å². The van der Waals surface area contributed by atoms with Crippen molar-refractivity contribution in [2.24, 2.45) is 5.92 Å². The van der Waals surface area contributed by atoms with E-state index in [1.807, 2.05) is 0 Å². The molecule has 0 unspecified atom stereocenters. The summed E-state index contributed by atoms with van der Waals surface area (Å²) in [5, 5.41) is 0.107. The predicted molar refractivity (Wildman–Crippen MR) is 71.8 cm³/mol. The monoisotopic (exact) mass is 280 g/mol. The SMILES string of the molecule is O=C(c1ccc(-c2cccc(Cl)c2F)s1)C1CC1. The van der Waals surface area contributed by atoms with Gasteiger partial charge in [0.05, 0.1) is 9.90 Å². The predicted octanol–water partition coefficient (Wildman–Crippen LogP) is 4.80. The van der Waals surface area contributed by atoms with E-state index in [0.717, 1.165) is 17.7 Å². The van der Waals surface area contributed by atoms with Crippen molar-refractivity contribution in [3.63, 3.8) is 0 Å². The molecule has 1 saturated carbocycles. The second-order valence-electron chi connectivity index (χ2n) is 4.40. The topological polar surface area (TPSA) is 17.1 Å². The van der Waals surface area contributed by atoms with Crippen LogP contribution in [0.25, 0.3) is 10.4 Å². The van der Waals surface area contributed by atoms with Crippen molar-refractivity contribution in [1.29, 1.82) is 0 Å². The standard InChI is InChI=1S/C14H10ClFOS/c15-10-3-1-2-9(13(10)16)11-6-7-12(18-11)14(17)8-4-5-8/h1-3,6-8H,4-5H2. The molecule has 1 nitrogen and oxygen atoms in total. The van der Waals surface area contributed by atoms with Gasteiger partial charge >= 0.3 is 0 Å². The average Bonchev–Trinajstić information content (AvgIpc) is 3.10. The molecule has 0 saturated heterocycles. The van der Waals surface area contributed by atoms with Crippen LogP contribution in [-0.2, 0) is 0 Å². The third-order valence-electron chi connectivity index (χ3n) is 3.01. The van der Waals surface area contributed by atoms with Crippen LogP contribution in [0, 0.1) is 11.7 Å². The molecular formula is C14H10ClFOS. The zero-order chi connectivity index (χ0) is 12.7. The van der Waals surface area contributed by atoms with Crippen LogP contribution in [0.4, 0.5) is 4.39 Å². The Morgan fingerprint density at radius 3 is 2.78 bits per heavy atom. The van der Waals surface area contributed by atoms with Crippen molar-refractivity contribution >= 4 is 28.7 Å². The minimum atomic E-state index is -0.425. The number of halogens is 2. The molecule has 1 aliphatic rings. The molecule has 18 heavy (non-hydrogen) atoms. The van der Waals surface area contributed by atoms with Crippen LogP contribution in [0.1, 0.15) is 22.5 Å². The Hall–Kier alpha value is -1.19. The Labute approximate surface area is 113 Å². The first-order valence-electron chi connectivity index (χ1n) is 5.75. The van der Waals surface area contributed by atoms with Crippen molar-refractivity contribution in [3.8, 4) is 10.4 Å². The van der Waals surface area contributed by atoms with Crippen LogP contribution < -0.4 is 0 Å². The molecule has 0 bridgehead atoms. The highest BCUT2D eigenvalue weighted by atomic mass is 35.5.